The molecule has 0 rings (SSSR count). The summed E-state index contributed by atoms with van der Waals surface area (Å²) in [6.45, 7) is 6.98. The number of alkyl carbamates (subject to hydrolysis) is 1. The molecule has 0 aromatic heterocycles. The summed E-state index contributed by atoms with van der Waals surface area (Å²) in [4.78, 5) is 10.7. The predicted molar refractivity (Wildman–Crippen MR) is 74.0 cm³/mol. The van der Waals surface area contributed by atoms with Gasteiger partial charge in [0.25, 0.3) is 0 Å². The first-order chi connectivity index (χ1) is 8.70. The third kappa shape index (κ3) is 14.5. The van der Waals surface area contributed by atoms with Crippen molar-refractivity contribution >= 4 is 6.09 Å². The average molecular weight is 261 g/mol. The largest absolute Gasteiger partial charge is 0.453 e. The van der Waals surface area contributed by atoms with Crippen molar-refractivity contribution in [3.8, 4) is 0 Å². The molecule has 0 saturated heterocycles. The van der Waals surface area contributed by atoms with Gasteiger partial charge < -0.3 is 32.2 Å². The number of rotatable bonds is 8. The predicted octanol–water partition coefficient (Wildman–Crippen LogP) is -0.693. The van der Waals surface area contributed by atoms with Crippen LogP contribution >= 0.6 is 0 Å². The second-order valence-electron chi connectivity index (χ2n) is 3.06. The number of hydrogen-bond donors (Lipinski definition) is 5. The lowest BCUT2D eigenvalue weighted by molar-refractivity contribution is 0.171. The molecule has 0 radical (unpaired) electrons. The topological polar surface area (TPSA) is 114 Å². The third-order valence-electron chi connectivity index (χ3n) is 1.66. The highest BCUT2D eigenvalue weighted by molar-refractivity contribution is 5.66. The summed E-state index contributed by atoms with van der Waals surface area (Å²) in [5.74, 6) is 0. The van der Waals surface area contributed by atoms with Crippen molar-refractivity contribution in [3.63, 3.8) is 0 Å². The van der Waals surface area contributed by atoms with E-state index in [9.17, 15) is 4.79 Å². The highest BCUT2D eigenvalue weighted by Gasteiger charge is 1.94. The SMILES string of the molecule is CC.COC(=O)NCCN/C=C(\N)CNCCN. The Morgan fingerprint density at radius 3 is 2.50 bits per heavy atom. The standard InChI is InChI=1S/C9H21N5O2.C2H6/c1-16-9(15)14-5-4-13-7-8(11)6-12-3-2-10;1-2/h7,12-13H,2-6,10-11H2,1H3,(H,14,15);1-2H3/b8-7-;. The number of nitrogens with two attached hydrogens (primary N) is 2. The van der Waals surface area contributed by atoms with E-state index < -0.39 is 6.09 Å². The van der Waals surface area contributed by atoms with Crippen molar-refractivity contribution in [2.75, 3.05) is 39.8 Å². The summed E-state index contributed by atoms with van der Waals surface area (Å²) < 4.78 is 4.40. The quantitative estimate of drug-likeness (QED) is 0.369. The smallest absolute Gasteiger partial charge is 0.406 e. The second kappa shape index (κ2) is 15.5. The van der Waals surface area contributed by atoms with Gasteiger partial charge in [-0.3, -0.25) is 0 Å². The van der Waals surface area contributed by atoms with E-state index >= 15 is 0 Å². The van der Waals surface area contributed by atoms with Gasteiger partial charge in [0.15, 0.2) is 0 Å². The van der Waals surface area contributed by atoms with Crippen LogP contribution in [0.5, 0.6) is 0 Å². The van der Waals surface area contributed by atoms with E-state index in [-0.39, 0.29) is 0 Å². The molecule has 7 N–H and O–H groups in total. The van der Waals surface area contributed by atoms with Crippen LogP contribution in [0.4, 0.5) is 4.79 Å². The molecule has 18 heavy (non-hydrogen) atoms. The van der Waals surface area contributed by atoms with E-state index in [0.29, 0.717) is 31.9 Å². The molecule has 0 aromatic carbocycles. The van der Waals surface area contributed by atoms with E-state index in [0.717, 1.165) is 6.54 Å². The molecule has 0 saturated carbocycles. The van der Waals surface area contributed by atoms with Gasteiger partial charge in [-0.15, -0.1) is 0 Å². The second-order valence-corrected chi connectivity index (χ2v) is 3.06. The molecule has 0 atom stereocenters. The molecule has 7 nitrogen and oxygen atoms in total. The number of hydrogen-bond acceptors (Lipinski definition) is 6. The minimum absolute atomic E-state index is 0.441. The molecule has 0 aliphatic carbocycles. The Labute approximate surface area is 109 Å². The number of carbonyl (C=O) groups is 1. The average Bonchev–Trinajstić information content (AvgIpc) is 2.40. The van der Waals surface area contributed by atoms with Gasteiger partial charge in [0.05, 0.1) is 7.11 Å². The normalized spacial score (nSPS) is 10.1. The first-order valence-corrected chi connectivity index (χ1v) is 6.11. The molecule has 0 aliphatic rings. The van der Waals surface area contributed by atoms with Crippen molar-refractivity contribution in [2.24, 2.45) is 11.5 Å². The zero-order chi connectivity index (χ0) is 14.2. The van der Waals surface area contributed by atoms with Crippen LogP contribution < -0.4 is 27.4 Å². The first kappa shape index (κ1) is 18.9. The summed E-state index contributed by atoms with van der Waals surface area (Å²) in [7, 11) is 1.32. The third-order valence-corrected chi connectivity index (χ3v) is 1.66. The summed E-state index contributed by atoms with van der Waals surface area (Å²) >= 11 is 0. The lowest BCUT2D eigenvalue weighted by Gasteiger charge is -2.06. The maximum Gasteiger partial charge on any atom is 0.406 e. The number of nitrogens with one attached hydrogen (secondary N) is 3. The van der Waals surface area contributed by atoms with E-state index in [1.54, 1.807) is 6.20 Å². The van der Waals surface area contributed by atoms with Gasteiger partial charge in [0.2, 0.25) is 0 Å². The van der Waals surface area contributed by atoms with E-state index in [4.69, 9.17) is 11.5 Å². The van der Waals surface area contributed by atoms with Gasteiger partial charge in [0.1, 0.15) is 0 Å². The van der Waals surface area contributed by atoms with Crippen molar-refractivity contribution in [2.45, 2.75) is 13.8 Å². The zero-order valence-electron chi connectivity index (χ0n) is 11.6. The number of carbonyl (C=O) groups excluding carboxylic acids is 1. The van der Waals surface area contributed by atoms with Crippen molar-refractivity contribution in [1.82, 2.24) is 16.0 Å². The van der Waals surface area contributed by atoms with Crippen LogP contribution in [-0.2, 0) is 4.74 Å². The molecule has 108 valence electrons. The van der Waals surface area contributed by atoms with Crippen LogP contribution in [0.25, 0.3) is 0 Å². The van der Waals surface area contributed by atoms with Gasteiger partial charge in [-0.1, -0.05) is 13.8 Å². The van der Waals surface area contributed by atoms with Crippen LogP contribution in [0.2, 0.25) is 0 Å². The molecule has 0 aliphatic heterocycles. The summed E-state index contributed by atoms with van der Waals surface area (Å²) in [6, 6.07) is 0. The molecule has 0 bridgehead atoms. The van der Waals surface area contributed by atoms with Crippen LogP contribution in [-0.4, -0.2) is 45.9 Å². The minimum Gasteiger partial charge on any atom is -0.453 e. The van der Waals surface area contributed by atoms with Crippen molar-refractivity contribution in [3.05, 3.63) is 11.9 Å². The van der Waals surface area contributed by atoms with Gasteiger partial charge in [-0.25, -0.2) is 4.79 Å². The van der Waals surface area contributed by atoms with Crippen molar-refractivity contribution in [1.29, 1.82) is 0 Å². The van der Waals surface area contributed by atoms with E-state index in [2.05, 4.69) is 20.7 Å². The van der Waals surface area contributed by atoms with Gasteiger partial charge in [-0.2, -0.15) is 0 Å². The summed E-state index contributed by atoms with van der Waals surface area (Å²) in [6.07, 6.45) is 1.26. The fraction of sp³-hybridized carbons (Fsp3) is 0.727. The Balaban J connectivity index is 0. The van der Waals surface area contributed by atoms with Crippen LogP contribution in [0.1, 0.15) is 13.8 Å². The van der Waals surface area contributed by atoms with Gasteiger partial charge in [-0.05, 0) is 0 Å². The minimum atomic E-state index is -0.441. The van der Waals surface area contributed by atoms with E-state index in [1.165, 1.54) is 7.11 Å². The maximum atomic E-state index is 10.7. The van der Waals surface area contributed by atoms with Gasteiger partial charge in [0, 0.05) is 44.6 Å². The van der Waals surface area contributed by atoms with Crippen LogP contribution in [0.15, 0.2) is 11.9 Å². The molecule has 0 spiro atoms. The zero-order valence-corrected chi connectivity index (χ0v) is 11.6. The molecule has 0 heterocycles. The Morgan fingerprint density at radius 2 is 1.94 bits per heavy atom. The Bertz CT molecular complexity index is 221. The molecule has 1 amide bonds. The molecular formula is C11H27N5O2. The lowest BCUT2D eigenvalue weighted by atomic mass is 10.4. The molecule has 0 aromatic rings. The lowest BCUT2D eigenvalue weighted by Crippen LogP contribution is -2.31. The molecule has 0 unspecified atom stereocenters. The Morgan fingerprint density at radius 1 is 1.28 bits per heavy atom. The van der Waals surface area contributed by atoms with Crippen LogP contribution in [0.3, 0.4) is 0 Å². The summed E-state index contributed by atoms with van der Waals surface area (Å²) in [5, 5.41) is 8.55. The van der Waals surface area contributed by atoms with Crippen molar-refractivity contribution < 1.29 is 9.53 Å². The maximum absolute atomic E-state index is 10.7. The highest BCUT2D eigenvalue weighted by Crippen LogP contribution is 1.77. The Kier molecular flexibility index (Phi) is 16.3. The molecular weight excluding hydrogens is 234 g/mol. The van der Waals surface area contributed by atoms with Gasteiger partial charge >= 0.3 is 6.09 Å². The number of amides is 1. The number of ether oxygens (including phenoxy) is 1. The fourth-order valence-corrected chi connectivity index (χ4v) is 0.898. The molecule has 0 fully saturated rings. The monoisotopic (exact) mass is 261 g/mol. The van der Waals surface area contributed by atoms with E-state index in [1.807, 2.05) is 13.8 Å². The highest BCUT2D eigenvalue weighted by atomic mass is 16.5. The van der Waals surface area contributed by atoms with Crippen LogP contribution in [0, 0.1) is 0 Å². The number of methoxy groups -OCH3 is 1. The molecule has 7 heteroatoms. The Hall–Kier alpha value is -1.47. The first-order valence-electron chi connectivity index (χ1n) is 6.11. The fourth-order valence-electron chi connectivity index (χ4n) is 0.898. The summed E-state index contributed by atoms with van der Waals surface area (Å²) in [5.41, 5.74) is 11.7.